The highest BCUT2D eigenvalue weighted by Crippen LogP contribution is 2.38. The molecule has 1 heterocycles. The van der Waals surface area contributed by atoms with Crippen molar-refractivity contribution in [3.8, 4) is 5.88 Å². The van der Waals surface area contributed by atoms with Gasteiger partial charge in [-0.05, 0) is 25.2 Å². The summed E-state index contributed by atoms with van der Waals surface area (Å²) in [4.78, 5) is 8.68. The van der Waals surface area contributed by atoms with Crippen LogP contribution in [0.25, 0.3) is 0 Å². The second-order valence-corrected chi connectivity index (χ2v) is 5.20. The van der Waals surface area contributed by atoms with E-state index in [9.17, 15) is 0 Å². The van der Waals surface area contributed by atoms with Crippen molar-refractivity contribution in [1.29, 1.82) is 0 Å². The van der Waals surface area contributed by atoms with Crippen LogP contribution in [0.4, 0.5) is 5.82 Å². The standard InChI is InChI=1S/C13H19N3O/c14-11-8-12(16-13(15-11)10-4-5-10)17-7-6-9-2-1-3-9/h8-10H,1-7H2,(H2,14,15,16). The molecule has 0 radical (unpaired) electrons. The predicted molar refractivity (Wildman–Crippen MR) is 65.9 cm³/mol. The van der Waals surface area contributed by atoms with Crippen LogP contribution in [-0.2, 0) is 0 Å². The first-order chi connectivity index (χ1) is 8.31. The molecule has 0 amide bonds. The molecule has 2 saturated carbocycles. The monoisotopic (exact) mass is 233 g/mol. The molecule has 0 atom stereocenters. The Balaban J connectivity index is 1.57. The van der Waals surface area contributed by atoms with Crippen LogP contribution in [0.3, 0.4) is 0 Å². The zero-order valence-corrected chi connectivity index (χ0v) is 10.1. The first-order valence-electron chi connectivity index (χ1n) is 6.58. The highest BCUT2D eigenvalue weighted by atomic mass is 16.5. The van der Waals surface area contributed by atoms with Gasteiger partial charge in [-0.3, -0.25) is 0 Å². The van der Waals surface area contributed by atoms with E-state index in [2.05, 4.69) is 9.97 Å². The van der Waals surface area contributed by atoms with Gasteiger partial charge in [-0.1, -0.05) is 19.3 Å². The quantitative estimate of drug-likeness (QED) is 0.848. The second kappa shape index (κ2) is 4.51. The first kappa shape index (κ1) is 10.8. The lowest BCUT2D eigenvalue weighted by molar-refractivity contribution is 0.217. The fraction of sp³-hybridized carbons (Fsp3) is 0.692. The highest BCUT2D eigenvalue weighted by molar-refractivity contribution is 5.34. The number of hydrogen-bond acceptors (Lipinski definition) is 4. The van der Waals surface area contributed by atoms with E-state index in [4.69, 9.17) is 10.5 Å². The number of hydrogen-bond donors (Lipinski definition) is 1. The maximum atomic E-state index is 5.76. The van der Waals surface area contributed by atoms with Gasteiger partial charge < -0.3 is 10.5 Å². The molecule has 0 aliphatic heterocycles. The number of nitrogens with zero attached hydrogens (tertiary/aromatic N) is 2. The summed E-state index contributed by atoms with van der Waals surface area (Å²) in [6.45, 7) is 0.755. The minimum atomic E-state index is 0.521. The molecule has 3 rings (SSSR count). The molecule has 0 saturated heterocycles. The van der Waals surface area contributed by atoms with Crippen LogP contribution in [0.1, 0.15) is 50.3 Å². The summed E-state index contributed by atoms with van der Waals surface area (Å²) in [5.41, 5.74) is 5.76. The molecule has 92 valence electrons. The van der Waals surface area contributed by atoms with Gasteiger partial charge in [0.05, 0.1) is 6.61 Å². The Morgan fingerprint density at radius 2 is 2.06 bits per heavy atom. The molecule has 0 unspecified atom stereocenters. The molecule has 2 N–H and O–H groups in total. The minimum Gasteiger partial charge on any atom is -0.478 e. The van der Waals surface area contributed by atoms with Crippen molar-refractivity contribution >= 4 is 5.82 Å². The lowest BCUT2D eigenvalue weighted by Gasteiger charge is -2.24. The lowest BCUT2D eigenvalue weighted by Crippen LogP contribution is -2.15. The molecule has 4 nitrogen and oxygen atoms in total. The molecule has 2 aliphatic carbocycles. The van der Waals surface area contributed by atoms with E-state index in [0.717, 1.165) is 24.8 Å². The molecule has 1 aromatic heterocycles. The fourth-order valence-electron chi connectivity index (χ4n) is 2.17. The molecule has 4 heteroatoms. The van der Waals surface area contributed by atoms with E-state index in [1.807, 2.05) is 0 Å². The second-order valence-electron chi connectivity index (χ2n) is 5.20. The Morgan fingerprint density at radius 3 is 2.71 bits per heavy atom. The average molecular weight is 233 g/mol. The van der Waals surface area contributed by atoms with Crippen molar-refractivity contribution in [2.75, 3.05) is 12.3 Å². The van der Waals surface area contributed by atoms with Crippen LogP contribution < -0.4 is 10.5 Å². The number of aromatic nitrogens is 2. The van der Waals surface area contributed by atoms with Crippen molar-refractivity contribution < 1.29 is 4.74 Å². The van der Waals surface area contributed by atoms with Gasteiger partial charge in [0.1, 0.15) is 11.6 Å². The normalized spacial score (nSPS) is 20.0. The summed E-state index contributed by atoms with van der Waals surface area (Å²) in [6, 6.07) is 1.73. The number of nitrogen functional groups attached to an aromatic ring is 1. The molecule has 1 aromatic rings. The van der Waals surface area contributed by atoms with E-state index in [0.29, 0.717) is 17.6 Å². The fourth-order valence-corrected chi connectivity index (χ4v) is 2.17. The average Bonchev–Trinajstić information content (AvgIpc) is 3.04. The summed E-state index contributed by atoms with van der Waals surface area (Å²) in [5, 5.41) is 0. The van der Waals surface area contributed by atoms with Crippen molar-refractivity contribution in [2.24, 2.45) is 5.92 Å². The van der Waals surface area contributed by atoms with E-state index in [-0.39, 0.29) is 0 Å². The lowest BCUT2D eigenvalue weighted by atomic mass is 9.83. The first-order valence-corrected chi connectivity index (χ1v) is 6.58. The highest BCUT2D eigenvalue weighted by Gasteiger charge is 2.27. The molecule has 2 fully saturated rings. The predicted octanol–water partition coefficient (Wildman–Crippen LogP) is 2.51. The van der Waals surface area contributed by atoms with Gasteiger partial charge >= 0.3 is 0 Å². The molecule has 2 aliphatic rings. The molecular formula is C13H19N3O. The van der Waals surface area contributed by atoms with Gasteiger partial charge in [-0.25, -0.2) is 4.98 Å². The third kappa shape index (κ3) is 2.68. The Morgan fingerprint density at radius 1 is 1.24 bits per heavy atom. The summed E-state index contributed by atoms with van der Waals surface area (Å²) in [7, 11) is 0. The van der Waals surface area contributed by atoms with Crippen molar-refractivity contribution in [3.63, 3.8) is 0 Å². The van der Waals surface area contributed by atoms with Crippen LogP contribution in [0.2, 0.25) is 0 Å². The summed E-state index contributed by atoms with van der Waals surface area (Å²) in [5.74, 6) is 3.44. The van der Waals surface area contributed by atoms with Crippen LogP contribution in [0.5, 0.6) is 5.88 Å². The van der Waals surface area contributed by atoms with E-state index in [1.165, 1.54) is 32.1 Å². The Kier molecular flexibility index (Phi) is 2.87. The molecular weight excluding hydrogens is 214 g/mol. The summed E-state index contributed by atoms with van der Waals surface area (Å²) in [6.07, 6.45) is 7.63. The Hall–Kier alpha value is -1.32. The van der Waals surface area contributed by atoms with Crippen LogP contribution in [-0.4, -0.2) is 16.6 Å². The van der Waals surface area contributed by atoms with E-state index >= 15 is 0 Å². The number of nitrogens with two attached hydrogens (primary N) is 1. The van der Waals surface area contributed by atoms with E-state index in [1.54, 1.807) is 6.07 Å². The topological polar surface area (TPSA) is 61.0 Å². The van der Waals surface area contributed by atoms with Gasteiger partial charge in [-0.15, -0.1) is 0 Å². The van der Waals surface area contributed by atoms with Gasteiger partial charge in [0, 0.05) is 12.0 Å². The Labute approximate surface area is 102 Å². The van der Waals surface area contributed by atoms with Crippen LogP contribution in [0, 0.1) is 5.92 Å². The largest absolute Gasteiger partial charge is 0.478 e. The third-order valence-corrected chi connectivity index (χ3v) is 3.68. The Bertz CT molecular complexity index is 400. The molecule has 0 aromatic carbocycles. The van der Waals surface area contributed by atoms with Gasteiger partial charge in [-0.2, -0.15) is 4.98 Å². The molecule has 17 heavy (non-hydrogen) atoms. The van der Waals surface area contributed by atoms with E-state index < -0.39 is 0 Å². The molecule has 0 bridgehead atoms. The van der Waals surface area contributed by atoms with Gasteiger partial charge in [0.2, 0.25) is 5.88 Å². The third-order valence-electron chi connectivity index (χ3n) is 3.68. The number of anilines is 1. The number of rotatable bonds is 5. The van der Waals surface area contributed by atoms with Crippen LogP contribution in [0.15, 0.2) is 6.07 Å². The maximum Gasteiger partial charge on any atom is 0.218 e. The van der Waals surface area contributed by atoms with Crippen molar-refractivity contribution in [3.05, 3.63) is 11.9 Å². The smallest absolute Gasteiger partial charge is 0.218 e. The van der Waals surface area contributed by atoms with Crippen molar-refractivity contribution in [1.82, 2.24) is 9.97 Å². The van der Waals surface area contributed by atoms with Crippen molar-refractivity contribution in [2.45, 2.75) is 44.4 Å². The summed E-state index contributed by atoms with van der Waals surface area (Å²) >= 11 is 0. The molecule has 0 spiro atoms. The zero-order valence-electron chi connectivity index (χ0n) is 10.1. The number of ether oxygens (including phenoxy) is 1. The SMILES string of the molecule is Nc1cc(OCCC2CCC2)nc(C2CC2)n1. The summed E-state index contributed by atoms with van der Waals surface area (Å²) < 4.78 is 5.68. The zero-order chi connectivity index (χ0) is 11.7. The minimum absolute atomic E-state index is 0.521. The van der Waals surface area contributed by atoms with Gasteiger partial charge in [0.25, 0.3) is 0 Å². The maximum absolute atomic E-state index is 5.76. The van der Waals surface area contributed by atoms with Crippen LogP contribution >= 0.6 is 0 Å². The van der Waals surface area contributed by atoms with Gasteiger partial charge in [0.15, 0.2) is 0 Å².